The minimum Gasteiger partial charge on any atom is -0.508 e. The van der Waals surface area contributed by atoms with E-state index in [2.05, 4.69) is 0 Å². The molecule has 0 aromatic heterocycles. The molecule has 2 rings (SSSR count). The highest BCUT2D eigenvalue weighted by Crippen LogP contribution is 2.35. The molecule has 0 aliphatic rings. The first-order valence-electron chi connectivity index (χ1n) is 4.83. The van der Waals surface area contributed by atoms with Crippen molar-refractivity contribution in [3.05, 3.63) is 52.0 Å². The van der Waals surface area contributed by atoms with E-state index in [1.54, 1.807) is 18.2 Å². The zero-order valence-electron chi connectivity index (χ0n) is 8.67. The number of benzene rings is 2. The van der Waals surface area contributed by atoms with E-state index in [9.17, 15) is 5.11 Å². The minimum absolute atomic E-state index is 0.249. The Morgan fingerprint density at radius 2 is 1.75 bits per heavy atom. The van der Waals surface area contributed by atoms with Crippen LogP contribution < -0.4 is 0 Å². The molecule has 2 aromatic rings. The molecule has 0 saturated heterocycles. The summed E-state index contributed by atoms with van der Waals surface area (Å²) in [6.07, 6.45) is 0. The Kier molecular flexibility index (Phi) is 3.08. The van der Waals surface area contributed by atoms with E-state index in [0.29, 0.717) is 10.0 Å². The van der Waals surface area contributed by atoms with E-state index in [1.165, 1.54) is 0 Å². The predicted molar refractivity (Wildman–Crippen MR) is 68.3 cm³/mol. The van der Waals surface area contributed by atoms with Gasteiger partial charge in [0.2, 0.25) is 0 Å². The Balaban J connectivity index is 2.63. The Bertz CT molecular complexity index is 535. The minimum atomic E-state index is 0.249. The number of aromatic hydroxyl groups is 1. The fourth-order valence-electron chi connectivity index (χ4n) is 1.66. The van der Waals surface area contributed by atoms with Crippen molar-refractivity contribution in [1.29, 1.82) is 0 Å². The lowest BCUT2D eigenvalue weighted by atomic mass is 10.0. The molecule has 0 aliphatic carbocycles. The van der Waals surface area contributed by atoms with Gasteiger partial charge >= 0.3 is 0 Å². The highest BCUT2D eigenvalue weighted by atomic mass is 35.5. The first-order valence-corrected chi connectivity index (χ1v) is 5.59. The van der Waals surface area contributed by atoms with Gasteiger partial charge in [0.1, 0.15) is 5.75 Å². The van der Waals surface area contributed by atoms with E-state index in [0.717, 1.165) is 16.7 Å². The van der Waals surface area contributed by atoms with Crippen molar-refractivity contribution in [2.24, 2.45) is 0 Å². The van der Waals surface area contributed by atoms with Crippen LogP contribution >= 0.6 is 23.2 Å². The molecular weight excluding hydrogens is 243 g/mol. The lowest BCUT2D eigenvalue weighted by molar-refractivity contribution is 0.475. The number of aryl methyl sites for hydroxylation is 1. The second kappa shape index (κ2) is 4.36. The number of hydrogen-bond donors (Lipinski definition) is 1. The van der Waals surface area contributed by atoms with E-state index < -0.39 is 0 Å². The van der Waals surface area contributed by atoms with Gasteiger partial charge in [0, 0.05) is 5.56 Å². The standard InChI is InChI=1S/C13H10Cl2O/c1-8-7-9(16)5-6-10(8)11-3-2-4-12(14)13(11)15/h2-7,16H,1H3. The van der Waals surface area contributed by atoms with Gasteiger partial charge in [-0.25, -0.2) is 0 Å². The summed E-state index contributed by atoms with van der Waals surface area (Å²) in [7, 11) is 0. The molecule has 0 saturated carbocycles. The van der Waals surface area contributed by atoms with Crippen LogP contribution in [0.5, 0.6) is 5.75 Å². The van der Waals surface area contributed by atoms with Gasteiger partial charge in [0.05, 0.1) is 10.0 Å². The molecular formula is C13H10Cl2O. The Morgan fingerprint density at radius 1 is 1.00 bits per heavy atom. The van der Waals surface area contributed by atoms with Crippen molar-refractivity contribution < 1.29 is 5.11 Å². The zero-order chi connectivity index (χ0) is 11.7. The number of hydrogen-bond acceptors (Lipinski definition) is 1. The Morgan fingerprint density at radius 3 is 2.44 bits per heavy atom. The maximum Gasteiger partial charge on any atom is 0.115 e. The summed E-state index contributed by atoms with van der Waals surface area (Å²) in [6.45, 7) is 1.92. The molecule has 0 aliphatic heterocycles. The van der Waals surface area contributed by atoms with Crippen molar-refractivity contribution >= 4 is 23.2 Å². The SMILES string of the molecule is Cc1cc(O)ccc1-c1cccc(Cl)c1Cl. The highest BCUT2D eigenvalue weighted by molar-refractivity contribution is 6.43. The molecule has 0 heterocycles. The molecule has 1 N–H and O–H groups in total. The molecule has 0 bridgehead atoms. The number of halogens is 2. The third-order valence-corrected chi connectivity index (χ3v) is 3.27. The average molecular weight is 253 g/mol. The van der Waals surface area contributed by atoms with Gasteiger partial charge in [0.25, 0.3) is 0 Å². The predicted octanol–water partition coefficient (Wildman–Crippen LogP) is 4.67. The first kappa shape index (κ1) is 11.3. The number of phenols is 1. The monoisotopic (exact) mass is 252 g/mol. The smallest absolute Gasteiger partial charge is 0.115 e. The summed E-state index contributed by atoms with van der Waals surface area (Å²) in [4.78, 5) is 0. The van der Waals surface area contributed by atoms with Gasteiger partial charge in [-0.1, -0.05) is 41.4 Å². The molecule has 0 unspecified atom stereocenters. The van der Waals surface area contributed by atoms with Gasteiger partial charge in [-0.05, 0) is 36.2 Å². The summed E-state index contributed by atoms with van der Waals surface area (Å²) >= 11 is 12.1. The maximum absolute atomic E-state index is 9.35. The first-order chi connectivity index (χ1) is 7.59. The zero-order valence-corrected chi connectivity index (χ0v) is 10.2. The second-order valence-corrected chi connectivity index (χ2v) is 4.39. The van der Waals surface area contributed by atoms with E-state index >= 15 is 0 Å². The summed E-state index contributed by atoms with van der Waals surface area (Å²) in [5.41, 5.74) is 2.82. The van der Waals surface area contributed by atoms with Gasteiger partial charge < -0.3 is 5.11 Å². The third kappa shape index (κ3) is 2.01. The van der Waals surface area contributed by atoms with Crippen LogP contribution in [-0.2, 0) is 0 Å². The van der Waals surface area contributed by atoms with Crippen molar-refractivity contribution in [2.45, 2.75) is 6.92 Å². The average Bonchev–Trinajstić information content (AvgIpc) is 2.23. The van der Waals surface area contributed by atoms with Crippen molar-refractivity contribution in [2.75, 3.05) is 0 Å². The summed E-state index contributed by atoms with van der Waals surface area (Å²) in [6, 6.07) is 10.7. The largest absolute Gasteiger partial charge is 0.508 e. The number of phenolic OH excluding ortho intramolecular Hbond substituents is 1. The normalized spacial score (nSPS) is 10.4. The van der Waals surface area contributed by atoms with Gasteiger partial charge in [-0.2, -0.15) is 0 Å². The van der Waals surface area contributed by atoms with Gasteiger partial charge in [-0.15, -0.1) is 0 Å². The van der Waals surface area contributed by atoms with Crippen molar-refractivity contribution in [1.82, 2.24) is 0 Å². The van der Waals surface area contributed by atoms with Crippen LogP contribution in [-0.4, -0.2) is 5.11 Å². The number of rotatable bonds is 1. The summed E-state index contributed by atoms with van der Waals surface area (Å²) in [5, 5.41) is 10.4. The molecule has 16 heavy (non-hydrogen) atoms. The maximum atomic E-state index is 9.35. The van der Waals surface area contributed by atoms with Crippen molar-refractivity contribution in [3.63, 3.8) is 0 Å². The summed E-state index contributed by atoms with van der Waals surface area (Å²) < 4.78 is 0. The van der Waals surface area contributed by atoms with Crippen molar-refractivity contribution in [3.8, 4) is 16.9 Å². The van der Waals surface area contributed by atoms with E-state index in [4.69, 9.17) is 23.2 Å². The van der Waals surface area contributed by atoms with Crippen LogP contribution in [0.15, 0.2) is 36.4 Å². The molecule has 82 valence electrons. The van der Waals surface area contributed by atoms with Gasteiger partial charge in [-0.3, -0.25) is 0 Å². The highest BCUT2D eigenvalue weighted by Gasteiger charge is 2.09. The fraction of sp³-hybridized carbons (Fsp3) is 0.0769. The summed E-state index contributed by atoms with van der Waals surface area (Å²) in [5.74, 6) is 0.249. The quantitative estimate of drug-likeness (QED) is 0.782. The Labute approximate surface area is 104 Å². The van der Waals surface area contributed by atoms with Crippen LogP contribution in [0.1, 0.15) is 5.56 Å². The Hall–Kier alpha value is -1.18. The molecule has 1 nitrogen and oxygen atoms in total. The van der Waals surface area contributed by atoms with E-state index in [1.807, 2.05) is 25.1 Å². The molecule has 3 heteroatoms. The topological polar surface area (TPSA) is 20.2 Å². The van der Waals surface area contributed by atoms with Crippen LogP contribution in [0.3, 0.4) is 0 Å². The lowest BCUT2D eigenvalue weighted by Crippen LogP contribution is -1.84. The third-order valence-electron chi connectivity index (χ3n) is 2.45. The van der Waals surface area contributed by atoms with Crippen LogP contribution in [0, 0.1) is 6.92 Å². The molecule has 0 spiro atoms. The van der Waals surface area contributed by atoms with E-state index in [-0.39, 0.29) is 5.75 Å². The molecule has 0 radical (unpaired) electrons. The molecule has 2 aromatic carbocycles. The van der Waals surface area contributed by atoms with Gasteiger partial charge in [0.15, 0.2) is 0 Å². The second-order valence-electron chi connectivity index (χ2n) is 3.60. The fourth-order valence-corrected chi connectivity index (χ4v) is 2.06. The van der Waals surface area contributed by atoms with Crippen LogP contribution in [0.4, 0.5) is 0 Å². The molecule has 0 amide bonds. The molecule has 0 fully saturated rings. The van der Waals surface area contributed by atoms with Crippen LogP contribution in [0.2, 0.25) is 10.0 Å². The molecule has 0 atom stereocenters. The lowest BCUT2D eigenvalue weighted by Gasteiger charge is -2.09. The van der Waals surface area contributed by atoms with Crippen LogP contribution in [0.25, 0.3) is 11.1 Å².